The Morgan fingerprint density at radius 2 is 1.90 bits per heavy atom. The highest BCUT2D eigenvalue weighted by molar-refractivity contribution is 6.47. The molecular formula is C17H16N2O. The summed E-state index contributed by atoms with van der Waals surface area (Å²) in [6.45, 7) is 2.03. The maximum absolute atomic E-state index is 12.3. The number of Topliss-reactive ketones (excluding diaryl/α,β-unsaturated/α-hetero) is 1. The van der Waals surface area contributed by atoms with Crippen LogP contribution in [-0.4, -0.2) is 11.5 Å². The van der Waals surface area contributed by atoms with Gasteiger partial charge in [-0.1, -0.05) is 36.4 Å². The summed E-state index contributed by atoms with van der Waals surface area (Å²) in [5.74, 6) is 0.0343. The lowest BCUT2D eigenvalue weighted by Crippen LogP contribution is -2.23. The zero-order valence-corrected chi connectivity index (χ0v) is 11.4. The Balaban J connectivity index is 1.82. The van der Waals surface area contributed by atoms with Gasteiger partial charge >= 0.3 is 0 Å². The van der Waals surface area contributed by atoms with Gasteiger partial charge in [-0.15, -0.1) is 0 Å². The Labute approximate surface area is 118 Å². The van der Waals surface area contributed by atoms with Crippen molar-refractivity contribution in [1.29, 1.82) is 0 Å². The van der Waals surface area contributed by atoms with Crippen LogP contribution in [0.25, 0.3) is 0 Å². The molecule has 0 bridgehead atoms. The Hall–Kier alpha value is -2.42. The minimum absolute atomic E-state index is 0.0343. The van der Waals surface area contributed by atoms with Crippen molar-refractivity contribution in [1.82, 2.24) is 0 Å². The highest BCUT2D eigenvalue weighted by Crippen LogP contribution is 2.20. The molecule has 3 heteroatoms. The third kappa shape index (κ3) is 2.48. The van der Waals surface area contributed by atoms with Crippen LogP contribution in [0.5, 0.6) is 0 Å². The van der Waals surface area contributed by atoms with E-state index in [1.54, 1.807) is 0 Å². The first-order valence-electron chi connectivity index (χ1n) is 6.76. The van der Waals surface area contributed by atoms with Crippen LogP contribution in [0.4, 0.5) is 5.69 Å². The van der Waals surface area contributed by atoms with Gasteiger partial charge in [-0.2, -0.15) is 5.10 Å². The molecule has 1 N–H and O–H groups in total. The van der Waals surface area contributed by atoms with Crippen LogP contribution in [0.2, 0.25) is 0 Å². The number of carbonyl (C=O) groups excluding carboxylic acids is 1. The van der Waals surface area contributed by atoms with Gasteiger partial charge in [0.1, 0.15) is 5.71 Å². The van der Waals surface area contributed by atoms with E-state index in [2.05, 4.69) is 10.5 Å². The molecule has 3 rings (SSSR count). The van der Waals surface area contributed by atoms with Crippen molar-refractivity contribution in [2.24, 2.45) is 5.10 Å². The van der Waals surface area contributed by atoms with Crippen LogP contribution in [0.3, 0.4) is 0 Å². The minimum Gasteiger partial charge on any atom is -0.287 e. The van der Waals surface area contributed by atoms with Gasteiger partial charge in [-0.05, 0) is 43.0 Å². The fourth-order valence-electron chi connectivity index (χ4n) is 2.44. The number of hydrogen-bond acceptors (Lipinski definition) is 3. The Morgan fingerprint density at radius 1 is 1.05 bits per heavy atom. The SMILES string of the molecule is Cc1cccc(N/N=C2\CCc3ccccc3C2=O)c1. The number of hydrazone groups is 1. The Bertz CT molecular complexity index is 689. The zero-order valence-electron chi connectivity index (χ0n) is 11.4. The third-order valence-electron chi connectivity index (χ3n) is 3.49. The number of carbonyl (C=O) groups is 1. The van der Waals surface area contributed by atoms with Crippen LogP contribution in [0.1, 0.15) is 27.9 Å². The standard InChI is InChI=1S/C17H16N2O/c1-12-5-4-7-14(11-12)18-19-16-10-9-13-6-2-3-8-15(13)17(16)20/h2-8,11,18H,9-10H2,1H3/b19-16+. The summed E-state index contributed by atoms with van der Waals surface area (Å²) in [5.41, 5.74) is 7.55. The van der Waals surface area contributed by atoms with E-state index >= 15 is 0 Å². The van der Waals surface area contributed by atoms with Gasteiger partial charge in [0.05, 0.1) is 5.69 Å². The van der Waals surface area contributed by atoms with Crippen molar-refractivity contribution >= 4 is 17.2 Å². The molecule has 0 saturated heterocycles. The van der Waals surface area contributed by atoms with Crippen LogP contribution < -0.4 is 5.43 Å². The molecule has 0 heterocycles. The van der Waals surface area contributed by atoms with E-state index in [4.69, 9.17) is 0 Å². The Kier molecular flexibility index (Phi) is 3.33. The molecule has 0 aromatic heterocycles. The van der Waals surface area contributed by atoms with Gasteiger partial charge in [0, 0.05) is 5.56 Å². The molecular weight excluding hydrogens is 248 g/mol. The predicted octanol–water partition coefficient (Wildman–Crippen LogP) is 3.59. The zero-order chi connectivity index (χ0) is 13.9. The molecule has 0 spiro atoms. The number of ketones is 1. The van der Waals surface area contributed by atoms with E-state index in [1.807, 2.05) is 55.5 Å². The normalized spacial score (nSPS) is 16.1. The third-order valence-corrected chi connectivity index (χ3v) is 3.49. The summed E-state index contributed by atoms with van der Waals surface area (Å²) in [4.78, 5) is 12.3. The second-order valence-corrected chi connectivity index (χ2v) is 5.03. The number of fused-ring (bicyclic) bond motifs is 1. The van der Waals surface area contributed by atoms with Crippen molar-refractivity contribution in [2.45, 2.75) is 19.8 Å². The summed E-state index contributed by atoms with van der Waals surface area (Å²) in [7, 11) is 0. The first-order valence-corrected chi connectivity index (χ1v) is 6.76. The molecule has 0 saturated carbocycles. The van der Waals surface area contributed by atoms with Crippen molar-refractivity contribution < 1.29 is 4.79 Å². The first kappa shape index (κ1) is 12.6. The van der Waals surface area contributed by atoms with Gasteiger partial charge in [-0.25, -0.2) is 0 Å². The lowest BCUT2D eigenvalue weighted by Gasteiger charge is -2.16. The second-order valence-electron chi connectivity index (χ2n) is 5.03. The van der Waals surface area contributed by atoms with Gasteiger partial charge in [0.2, 0.25) is 5.78 Å². The van der Waals surface area contributed by atoms with Crippen LogP contribution in [0.15, 0.2) is 53.6 Å². The smallest absolute Gasteiger partial charge is 0.209 e. The first-order chi connectivity index (χ1) is 9.74. The monoisotopic (exact) mass is 264 g/mol. The molecule has 0 radical (unpaired) electrons. The number of hydrogen-bond donors (Lipinski definition) is 1. The van der Waals surface area contributed by atoms with E-state index in [-0.39, 0.29) is 5.78 Å². The lowest BCUT2D eigenvalue weighted by molar-refractivity contribution is 0.106. The molecule has 1 aliphatic rings. The Morgan fingerprint density at radius 3 is 2.75 bits per heavy atom. The van der Waals surface area contributed by atoms with E-state index in [9.17, 15) is 4.79 Å². The predicted molar refractivity (Wildman–Crippen MR) is 81.3 cm³/mol. The van der Waals surface area contributed by atoms with Gasteiger partial charge < -0.3 is 0 Å². The molecule has 0 aliphatic heterocycles. The molecule has 1 aliphatic carbocycles. The molecule has 100 valence electrons. The number of anilines is 1. The summed E-state index contributed by atoms with van der Waals surface area (Å²) < 4.78 is 0. The number of benzene rings is 2. The topological polar surface area (TPSA) is 41.5 Å². The highest BCUT2D eigenvalue weighted by Gasteiger charge is 2.22. The van der Waals surface area contributed by atoms with Crippen molar-refractivity contribution in [2.75, 3.05) is 5.43 Å². The maximum atomic E-state index is 12.3. The van der Waals surface area contributed by atoms with Crippen LogP contribution >= 0.6 is 0 Å². The van der Waals surface area contributed by atoms with Gasteiger partial charge in [-0.3, -0.25) is 10.2 Å². The van der Waals surface area contributed by atoms with Crippen molar-refractivity contribution in [3.8, 4) is 0 Å². The van der Waals surface area contributed by atoms with E-state index < -0.39 is 0 Å². The van der Waals surface area contributed by atoms with E-state index in [0.29, 0.717) is 12.1 Å². The van der Waals surface area contributed by atoms with Gasteiger partial charge in [0.15, 0.2) is 0 Å². The fourth-order valence-corrected chi connectivity index (χ4v) is 2.44. The quantitative estimate of drug-likeness (QED) is 0.842. The molecule has 2 aromatic rings. The highest BCUT2D eigenvalue weighted by atomic mass is 16.1. The summed E-state index contributed by atoms with van der Waals surface area (Å²) in [6.07, 6.45) is 1.56. The number of nitrogens with one attached hydrogen (secondary N) is 1. The maximum Gasteiger partial charge on any atom is 0.209 e. The van der Waals surface area contributed by atoms with Crippen LogP contribution in [0, 0.1) is 6.92 Å². The average Bonchev–Trinajstić information content (AvgIpc) is 2.47. The molecule has 0 atom stereocenters. The molecule has 2 aromatic carbocycles. The van der Waals surface area contributed by atoms with Crippen molar-refractivity contribution in [3.05, 3.63) is 65.2 Å². The largest absolute Gasteiger partial charge is 0.287 e. The molecule has 20 heavy (non-hydrogen) atoms. The second kappa shape index (κ2) is 5.29. The molecule has 0 unspecified atom stereocenters. The average molecular weight is 264 g/mol. The van der Waals surface area contributed by atoms with Gasteiger partial charge in [0.25, 0.3) is 0 Å². The number of nitrogens with zero attached hydrogens (tertiary/aromatic N) is 1. The van der Waals surface area contributed by atoms with E-state index in [1.165, 1.54) is 0 Å². The van der Waals surface area contributed by atoms with E-state index in [0.717, 1.165) is 28.8 Å². The number of rotatable bonds is 2. The number of aryl methyl sites for hydroxylation is 2. The minimum atomic E-state index is 0.0343. The van der Waals surface area contributed by atoms with Crippen molar-refractivity contribution in [3.63, 3.8) is 0 Å². The van der Waals surface area contributed by atoms with Crippen LogP contribution in [-0.2, 0) is 6.42 Å². The lowest BCUT2D eigenvalue weighted by atomic mass is 9.89. The fraction of sp³-hybridized carbons (Fsp3) is 0.176. The molecule has 0 amide bonds. The summed E-state index contributed by atoms with van der Waals surface area (Å²) >= 11 is 0. The summed E-state index contributed by atoms with van der Waals surface area (Å²) in [5, 5.41) is 4.29. The molecule has 0 fully saturated rings. The molecule has 3 nitrogen and oxygen atoms in total. The summed E-state index contributed by atoms with van der Waals surface area (Å²) in [6, 6.07) is 15.7.